The van der Waals surface area contributed by atoms with Gasteiger partial charge in [0.05, 0.1) is 19.3 Å². The van der Waals surface area contributed by atoms with Crippen molar-refractivity contribution in [2.24, 2.45) is 34.2 Å². The number of nitrogens with one attached hydrogen (secondary N) is 1. The summed E-state index contributed by atoms with van der Waals surface area (Å²) in [5, 5.41) is 50.1. The number of phenols is 2. The van der Waals surface area contributed by atoms with Crippen LogP contribution in [0.4, 0.5) is 0 Å². The van der Waals surface area contributed by atoms with Crippen molar-refractivity contribution in [1.29, 1.82) is 0 Å². The Balaban J connectivity index is 1.19. The average Bonchev–Trinajstić information content (AvgIpc) is 3.29. The second-order valence-corrected chi connectivity index (χ2v) is 17.6. The molecule has 0 aromatic heterocycles. The lowest BCUT2D eigenvalue weighted by molar-refractivity contribution is -0.124. The minimum atomic E-state index is -0.904. The molecule has 324 valence electrons. The van der Waals surface area contributed by atoms with Gasteiger partial charge in [0, 0.05) is 43.7 Å². The molecule has 2 aliphatic carbocycles. The molecule has 3 aromatic carbocycles. The number of aliphatic hydroxyl groups is 2. The molecular formula is C49H66N4O7. The van der Waals surface area contributed by atoms with Crippen LogP contribution < -0.4 is 21.5 Å². The zero-order chi connectivity index (χ0) is 42.8. The Kier molecular flexibility index (Phi) is 15.9. The normalized spacial score (nSPS) is 23.2. The number of hydrogen-bond donors (Lipinski definition) is 7. The zero-order valence-electron chi connectivity index (χ0n) is 35.5. The number of unbranched alkanes of at least 4 members (excludes halogenated alkanes) is 3. The van der Waals surface area contributed by atoms with E-state index in [9.17, 15) is 30.0 Å². The van der Waals surface area contributed by atoms with Gasteiger partial charge in [0.2, 0.25) is 0 Å². The molecule has 2 fully saturated rings. The maximum Gasteiger partial charge on any atom is 0.185 e. The number of hydrogen-bond acceptors (Lipinski definition) is 9. The number of piperidine rings is 1. The first-order valence-corrected chi connectivity index (χ1v) is 22.3. The van der Waals surface area contributed by atoms with E-state index in [0.717, 1.165) is 97.4 Å². The fraction of sp³-hybridized carbons (Fsp3) is 0.571. The summed E-state index contributed by atoms with van der Waals surface area (Å²) in [7, 11) is 1.49. The number of aromatic hydroxyl groups is 2. The van der Waals surface area contributed by atoms with Crippen molar-refractivity contribution in [3.63, 3.8) is 0 Å². The molecule has 0 bridgehead atoms. The molecule has 9 N–H and O–H groups in total. The van der Waals surface area contributed by atoms with Crippen LogP contribution in [0.25, 0.3) is 10.8 Å². The summed E-state index contributed by atoms with van der Waals surface area (Å²) in [5.41, 5.74) is 14.8. The molecule has 0 radical (unpaired) electrons. The van der Waals surface area contributed by atoms with Crippen molar-refractivity contribution in [2.45, 2.75) is 140 Å². The summed E-state index contributed by atoms with van der Waals surface area (Å²) >= 11 is 0. The largest absolute Gasteiger partial charge is 0.508 e. The molecule has 1 aliphatic heterocycles. The van der Waals surface area contributed by atoms with Crippen LogP contribution in [0.3, 0.4) is 0 Å². The molecule has 0 unspecified atom stereocenters. The maximum absolute atomic E-state index is 13.7. The van der Waals surface area contributed by atoms with Gasteiger partial charge in [-0.25, -0.2) is 0 Å². The molecule has 1 saturated carbocycles. The minimum absolute atomic E-state index is 0.0147. The smallest absolute Gasteiger partial charge is 0.185 e. The number of ether oxygens (including phenoxy) is 1. The highest BCUT2D eigenvalue weighted by Gasteiger charge is 2.35. The lowest BCUT2D eigenvalue weighted by Gasteiger charge is -2.39. The number of ketones is 2. The third-order valence-electron chi connectivity index (χ3n) is 13.3. The standard InChI is InChI=1S/C49H66N4O7/c1-3-4-5-9-35(29-53-49(50)51)41-23-36(22-32-11-16-37(54)25-42(32)41)44(56)19-14-31-13-18-39(46(58)20-15-33-24-48(60-2)47(59)27-40(31)33)45(57)10-7-6-8-30-21-34-12-17-38(55)26-43(34)52-28-30/h11,16,22-25,27,30-31,34-35,39,43-45,52,54,56-57,59H,3-10,12,14-15,17,19-21,26,28-29H2,1-2H3,(H4,50,51,53)/t30-,31-,34+,35+,39+,43+,44-,45+/m0/s1. The third kappa shape index (κ3) is 11.6. The van der Waals surface area contributed by atoms with Crippen molar-refractivity contribution in [1.82, 2.24) is 5.32 Å². The van der Waals surface area contributed by atoms with Gasteiger partial charge < -0.3 is 41.9 Å². The molecule has 11 nitrogen and oxygen atoms in total. The van der Waals surface area contributed by atoms with E-state index in [-0.39, 0.29) is 35.6 Å². The van der Waals surface area contributed by atoms with Gasteiger partial charge in [-0.05, 0) is 133 Å². The highest BCUT2D eigenvalue weighted by atomic mass is 16.5. The maximum atomic E-state index is 13.7. The number of aryl methyl sites for hydroxylation is 1. The Hall–Kier alpha value is -4.63. The first-order chi connectivity index (χ1) is 28.9. The van der Waals surface area contributed by atoms with Crippen LogP contribution >= 0.6 is 0 Å². The van der Waals surface area contributed by atoms with Gasteiger partial charge in [-0.15, -0.1) is 0 Å². The van der Waals surface area contributed by atoms with Gasteiger partial charge >= 0.3 is 0 Å². The van der Waals surface area contributed by atoms with Gasteiger partial charge in [-0.3, -0.25) is 14.6 Å². The third-order valence-corrected chi connectivity index (χ3v) is 13.3. The van der Waals surface area contributed by atoms with Gasteiger partial charge in [0.15, 0.2) is 23.2 Å². The fourth-order valence-corrected chi connectivity index (χ4v) is 9.84. The summed E-state index contributed by atoms with van der Waals surface area (Å²) in [5.74, 6) is 7.07. The van der Waals surface area contributed by atoms with Gasteiger partial charge in [-0.2, -0.15) is 0 Å². The Labute approximate surface area is 355 Å². The number of Topliss-reactive ketones (excluding diaryl/α,β-unsaturated/α-hetero) is 2. The van der Waals surface area contributed by atoms with E-state index in [1.54, 1.807) is 24.3 Å². The lowest BCUT2D eigenvalue weighted by atomic mass is 9.74. The van der Waals surface area contributed by atoms with Crippen LogP contribution in [0, 0.1) is 29.6 Å². The van der Waals surface area contributed by atoms with Gasteiger partial charge in [0.1, 0.15) is 17.5 Å². The van der Waals surface area contributed by atoms with E-state index in [4.69, 9.17) is 16.2 Å². The molecule has 1 saturated heterocycles. The van der Waals surface area contributed by atoms with Crippen LogP contribution in [0.15, 0.2) is 47.5 Å². The highest BCUT2D eigenvalue weighted by molar-refractivity contribution is 5.88. The molecule has 0 spiro atoms. The number of aliphatic hydroxyl groups excluding tert-OH is 2. The Morgan fingerprint density at radius 3 is 2.55 bits per heavy atom. The number of nitrogens with zero attached hydrogens (tertiary/aromatic N) is 1. The van der Waals surface area contributed by atoms with E-state index in [2.05, 4.69) is 29.1 Å². The number of fused-ring (bicyclic) bond motifs is 3. The Morgan fingerprint density at radius 1 is 0.950 bits per heavy atom. The minimum Gasteiger partial charge on any atom is -0.508 e. The van der Waals surface area contributed by atoms with E-state index >= 15 is 0 Å². The number of methoxy groups -OCH3 is 1. The number of carbonyl (C=O) groups is 2. The number of guanidine groups is 1. The Bertz CT molecular complexity index is 2050. The number of aliphatic imine (C=N–C) groups is 1. The van der Waals surface area contributed by atoms with Crippen molar-refractivity contribution >= 4 is 28.3 Å². The summed E-state index contributed by atoms with van der Waals surface area (Å²) in [6.45, 7) is 3.46. The number of rotatable bonds is 18. The molecule has 60 heavy (non-hydrogen) atoms. The van der Waals surface area contributed by atoms with Gasteiger partial charge in [0.25, 0.3) is 0 Å². The number of nitrogens with two attached hydrogens (primary N) is 2. The molecule has 11 heteroatoms. The van der Waals surface area contributed by atoms with E-state index in [1.165, 1.54) is 7.11 Å². The van der Waals surface area contributed by atoms with Gasteiger partial charge in [-0.1, -0.05) is 63.0 Å². The SMILES string of the molecule is CCCCC[C@H](CN=C(N)N)c1cc([C@@H](O)CC[C@@H]2C#C[C@H]([C@H](O)CCCC[C@@H]3CN[C@@H]4CC(=O)CC[C@@H]4C3)C(=O)CCc3cc(OC)c(O)cc32)cc2ccc(O)cc12. The lowest BCUT2D eigenvalue weighted by Crippen LogP contribution is -2.48. The molecule has 8 atom stereocenters. The predicted molar refractivity (Wildman–Crippen MR) is 236 cm³/mol. The quantitative estimate of drug-likeness (QED) is 0.0298. The second kappa shape index (κ2) is 21.2. The summed E-state index contributed by atoms with van der Waals surface area (Å²) in [4.78, 5) is 30.0. The van der Waals surface area contributed by atoms with Crippen molar-refractivity contribution in [3.05, 3.63) is 64.7 Å². The van der Waals surface area contributed by atoms with E-state index in [1.807, 2.05) is 18.2 Å². The first-order valence-electron chi connectivity index (χ1n) is 22.3. The number of phenolic OH excluding ortho intramolecular Hbond substituents is 2. The number of carbonyl (C=O) groups excluding carboxylic acids is 2. The molecule has 6 rings (SSSR count). The summed E-state index contributed by atoms with van der Waals surface area (Å²) in [6.07, 6.45) is 10.2. The molecule has 3 aliphatic rings. The molecule has 3 aromatic rings. The van der Waals surface area contributed by atoms with Crippen LogP contribution in [0.2, 0.25) is 0 Å². The predicted octanol–water partition coefficient (Wildman–Crippen LogP) is 7.20. The fourth-order valence-electron chi connectivity index (χ4n) is 9.84. The summed E-state index contributed by atoms with van der Waals surface area (Å²) < 4.78 is 5.45. The zero-order valence-corrected chi connectivity index (χ0v) is 35.5. The monoisotopic (exact) mass is 822 g/mol. The summed E-state index contributed by atoms with van der Waals surface area (Å²) in [6, 6.07) is 13.0. The first kappa shape index (κ1) is 44.9. The second-order valence-electron chi connectivity index (χ2n) is 17.6. The number of benzene rings is 3. The van der Waals surface area contributed by atoms with Crippen LogP contribution in [-0.2, 0) is 16.0 Å². The van der Waals surface area contributed by atoms with Crippen molar-refractivity contribution in [2.75, 3.05) is 20.2 Å². The molecule has 1 heterocycles. The van der Waals surface area contributed by atoms with Crippen LogP contribution in [0.5, 0.6) is 17.2 Å². The highest BCUT2D eigenvalue weighted by Crippen LogP contribution is 2.40. The van der Waals surface area contributed by atoms with Crippen LogP contribution in [0.1, 0.15) is 143 Å². The van der Waals surface area contributed by atoms with Crippen molar-refractivity contribution in [3.8, 4) is 29.1 Å². The Morgan fingerprint density at radius 2 is 1.77 bits per heavy atom. The van der Waals surface area contributed by atoms with Crippen molar-refractivity contribution < 1.29 is 34.8 Å². The topological polar surface area (TPSA) is 201 Å². The van der Waals surface area contributed by atoms with E-state index in [0.29, 0.717) is 74.5 Å². The van der Waals surface area contributed by atoms with Crippen LogP contribution in [-0.4, -0.2) is 70.3 Å². The molecular weight excluding hydrogens is 757 g/mol. The average molecular weight is 823 g/mol. The van der Waals surface area contributed by atoms with E-state index < -0.39 is 24.0 Å². The molecule has 0 amide bonds.